The Morgan fingerprint density at radius 3 is 2.77 bits per heavy atom. The number of aliphatic hydroxyl groups is 1. The van der Waals surface area contributed by atoms with Gasteiger partial charge in [-0.05, 0) is 31.7 Å². The monoisotopic (exact) mass is 410 g/mol. The van der Waals surface area contributed by atoms with Crippen molar-refractivity contribution in [3.63, 3.8) is 0 Å². The van der Waals surface area contributed by atoms with E-state index in [-0.39, 0.29) is 30.5 Å². The highest BCUT2D eigenvalue weighted by atomic mass is 16.5. The normalized spacial score (nSPS) is 19.2. The van der Waals surface area contributed by atoms with Crippen molar-refractivity contribution in [1.29, 1.82) is 0 Å². The van der Waals surface area contributed by atoms with Crippen LogP contribution in [0.25, 0.3) is 10.9 Å². The lowest BCUT2D eigenvalue weighted by Gasteiger charge is -2.26. The van der Waals surface area contributed by atoms with Crippen LogP contribution in [0.3, 0.4) is 0 Å². The molecule has 0 aliphatic heterocycles. The van der Waals surface area contributed by atoms with Crippen LogP contribution in [0.2, 0.25) is 0 Å². The fourth-order valence-corrected chi connectivity index (χ4v) is 3.54. The average Bonchev–Trinajstić information content (AvgIpc) is 3.23. The molecule has 3 aromatic rings. The number of aromatic nitrogens is 4. The lowest BCUT2D eigenvalue weighted by Crippen LogP contribution is -2.29. The van der Waals surface area contributed by atoms with Gasteiger partial charge in [0.2, 0.25) is 11.8 Å². The molecule has 2 aromatic heterocycles. The number of anilines is 1. The molecule has 2 heterocycles. The number of carbonyl (C=O) groups excluding carboxylic acids is 1. The Kier molecular flexibility index (Phi) is 5.89. The molecule has 0 bridgehead atoms. The smallest absolute Gasteiger partial charge is 0.253 e. The summed E-state index contributed by atoms with van der Waals surface area (Å²) in [6.07, 6.45) is 4.78. The molecule has 3 N–H and O–H groups in total. The minimum absolute atomic E-state index is 0.148. The summed E-state index contributed by atoms with van der Waals surface area (Å²) in [5, 5.41) is 20.5. The maximum absolute atomic E-state index is 12.8. The van der Waals surface area contributed by atoms with Crippen LogP contribution in [0.1, 0.15) is 67.5 Å². The van der Waals surface area contributed by atoms with E-state index >= 15 is 0 Å². The first-order chi connectivity index (χ1) is 14.5. The summed E-state index contributed by atoms with van der Waals surface area (Å²) in [6, 6.07) is 5.64. The number of amides is 1. The quantitative estimate of drug-likeness (QED) is 0.566. The van der Waals surface area contributed by atoms with Crippen LogP contribution in [-0.2, 0) is 6.54 Å². The third-order valence-corrected chi connectivity index (χ3v) is 5.29. The molecule has 1 amide bonds. The number of nitrogens with zero attached hydrogens (tertiary/aromatic N) is 4. The molecular formula is C21H26N6O3. The Hall–Kier alpha value is -3.07. The van der Waals surface area contributed by atoms with E-state index in [0.717, 1.165) is 31.1 Å². The summed E-state index contributed by atoms with van der Waals surface area (Å²) >= 11 is 0. The van der Waals surface area contributed by atoms with Crippen molar-refractivity contribution < 1.29 is 14.4 Å². The molecule has 9 nitrogen and oxygen atoms in total. The summed E-state index contributed by atoms with van der Waals surface area (Å²) in [5.74, 6) is 1.36. The van der Waals surface area contributed by atoms with Crippen LogP contribution in [0.4, 0.5) is 5.95 Å². The Morgan fingerprint density at radius 2 is 2.03 bits per heavy atom. The summed E-state index contributed by atoms with van der Waals surface area (Å²) in [5.41, 5.74) is 1.04. The first-order valence-electron chi connectivity index (χ1n) is 10.3. The molecular weight excluding hydrogens is 384 g/mol. The van der Waals surface area contributed by atoms with E-state index < -0.39 is 0 Å². The van der Waals surface area contributed by atoms with Gasteiger partial charge in [0.1, 0.15) is 0 Å². The fourth-order valence-electron chi connectivity index (χ4n) is 3.54. The van der Waals surface area contributed by atoms with Crippen molar-refractivity contribution in [2.24, 2.45) is 0 Å². The molecule has 0 unspecified atom stereocenters. The Labute approximate surface area is 174 Å². The Morgan fingerprint density at radius 1 is 1.23 bits per heavy atom. The second kappa shape index (κ2) is 8.74. The first kappa shape index (κ1) is 20.2. The van der Waals surface area contributed by atoms with Gasteiger partial charge in [-0.1, -0.05) is 31.1 Å². The number of rotatable bonds is 6. The second-order valence-electron chi connectivity index (χ2n) is 7.97. The van der Waals surface area contributed by atoms with Crippen LogP contribution in [0.15, 0.2) is 28.9 Å². The molecule has 0 saturated heterocycles. The Bertz CT molecular complexity index is 1030. The molecule has 9 heteroatoms. The van der Waals surface area contributed by atoms with E-state index in [1.807, 2.05) is 19.9 Å². The van der Waals surface area contributed by atoms with E-state index in [0.29, 0.717) is 28.7 Å². The molecule has 30 heavy (non-hydrogen) atoms. The van der Waals surface area contributed by atoms with Crippen LogP contribution >= 0.6 is 0 Å². The molecule has 4 rings (SSSR count). The van der Waals surface area contributed by atoms with Crippen molar-refractivity contribution in [3.05, 3.63) is 41.7 Å². The van der Waals surface area contributed by atoms with Crippen molar-refractivity contribution in [1.82, 2.24) is 25.4 Å². The van der Waals surface area contributed by atoms with Gasteiger partial charge in [0.05, 0.1) is 23.7 Å². The highest BCUT2D eigenvalue weighted by molar-refractivity contribution is 6.05. The molecule has 1 saturated carbocycles. The standard InChI is InChI=1S/C21H26N6O3/c1-12(2)19-25-17(30-27-19)11-22-20(29)16-5-3-4-13-10-23-21(26-18(13)16)24-14-6-8-15(28)9-7-14/h3-5,10,12,14-15,28H,6-9,11H2,1-2H3,(H,22,29)(H,23,24,26)/t14-,15-. The highest BCUT2D eigenvalue weighted by Crippen LogP contribution is 2.23. The van der Waals surface area contributed by atoms with Gasteiger partial charge in [-0.2, -0.15) is 4.98 Å². The van der Waals surface area contributed by atoms with Crippen molar-refractivity contribution in [2.45, 2.75) is 64.1 Å². The number of benzene rings is 1. The minimum atomic E-state index is -0.268. The topological polar surface area (TPSA) is 126 Å². The number of hydrogen-bond donors (Lipinski definition) is 3. The van der Waals surface area contributed by atoms with Gasteiger partial charge in [-0.25, -0.2) is 9.97 Å². The summed E-state index contributed by atoms with van der Waals surface area (Å²) in [6.45, 7) is 4.10. The van der Waals surface area contributed by atoms with E-state index in [4.69, 9.17) is 4.52 Å². The highest BCUT2D eigenvalue weighted by Gasteiger charge is 2.20. The number of fused-ring (bicyclic) bond motifs is 1. The predicted octanol–water partition coefficient (Wildman–Crippen LogP) is 2.78. The van der Waals surface area contributed by atoms with Gasteiger partial charge in [-0.3, -0.25) is 4.79 Å². The maximum Gasteiger partial charge on any atom is 0.253 e. The third kappa shape index (κ3) is 4.56. The van der Waals surface area contributed by atoms with Gasteiger partial charge in [0.25, 0.3) is 5.91 Å². The minimum Gasteiger partial charge on any atom is -0.393 e. The predicted molar refractivity (Wildman–Crippen MR) is 111 cm³/mol. The van der Waals surface area contributed by atoms with Crippen LogP contribution in [0.5, 0.6) is 0 Å². The number of carbonyl (C=O) groups is 1. The SMILES string of the molecule is CC(C)c1noc(CNC(=O)c2cccc3cnc(N[C@H]4CC[C@H](O)CC4)nc23)n1. The van der Waals surface area contributed by atoms with Crippen LogP contribution < -0.4 is 10.6 Å². The molecule has 0 radical (unpaired) electrons. The zero-order valence-corrected chi connectivity index (χ0v) is 17.1. The van der Waals surface area contributed by atoms with Crippen molar-refractivity contribution in [3.8, 4) is 0 Å². The van der Waals surface area contributed by atoms with Crippen molar-refractivity contribution in [2.75, 3.05) is 5.32 Å². The zero-order valence-electron chi connectivity index (χ0n) is 17.1. The number of para-hydroxylation sites is 1. The largest absolute Gasteiger partial charge is 0.393 e. The second-order valence-corrected chi connectivity index (χ2v) is 7.97. The van der Waals surface area contributed by atoms with Crippen LogP contribution in [0, 0.1) is 0 Å². The van der Waals surface area contributed by atoms with Crippen molar-refractivity contribution >= 4 is 22.8 Å². The van der Waals surface area contributed by atoms with Crippen LogP contribution in [-0.4, -0.2) is 43.3 Å². The molecule has 1 aliphatic rings. The van der Waals surface area contributed by atoms with Gasteiger partial charge < -0.3 is 20.3 Å². The first-order valence-corrected chi connectivity index (χ1v) is 10.3. The van der Waals surface area contributed by atoms with E-state index in [2.05, 4.69) is 30.7 Å². The van der Waals surface area contributed by atoms with Gasteiger partial charge in [0.15, 0.2) is 5.82 Å². The molecule has 0 atom stereocenters. The van der Waals surface area contributed by atoms with Gasteiger partial charge in [-0.15, -0.1) is 0 Å². The molecule has 1 aromatic carbocycles. The van der Waals surface area contributed by atoms with E-state index in [1.165, 1.54) is 0 Å². The zero-order chi connectivity index (χ0) is 21.1. The number of hydrogen-bond acceptors (Lipinski definition) is 8. The molecule has 158 valence electrons. The summed E-state index contributed by atoms with van der Waals surface area (Å²) < 4.78 is 5.18. The fraction of sp³-hybridized carbons (Fsp3) is 0.476. The molecule has 1 aliphatic carbocycles. The summed E-state index contributed by atoms with van der Waals surface area (Å²) in [4.78, 5) is 26.1. The average molecular weight is 410 g/mol. The van der Waals surface area contributed by atoms with E-state index in [1.54, 1.807) is 18.3 Å². The van der Waals surface area contributed by atoms with Gasteiger partial charge in [0, 0.05) is 23.5 Å². The van der Waals surface area contributed by atoms with E-state index in [9.17, 15) is 9.90 Å². The lowest BCUT2D eigenvalue weighted by atomic mass is 9.93. The molecule has 1 fully saturated rings. The maximum atomic E-state index is 12.8. The van der Waals surface area contributed by atoms with Gasteiger partial charge >= 0.3 is 0 Å². The number of aliphatic hydroxyl groups excluding tert-OH is 1. The molecule has 0 spiro atoms. The third-order valence-electron chi connectivity index (χ3n) is 5.29. The lowest BCUT2D eigenvalue weighted by molar-refractivity contribution is 0.0947. The Balaban J connectivity index is 1.48. The number of nitrogens with one attached hydrogen (secondary N) is 2. The summed E-state index contributed by atoms with van der Waals surface area (Å²) in [7, 11) is 0.